The summed E-state index contributed by atoms with van der Waals surface area (Å²) in [6.45, 7) is 12.8. The van der Waals surface area contributed by atoms with Gasteiger partial charge >= 0.3 is 11.9 Å². The smallest absolute Gasteiger partial charge is 0.308 e. The highest BCUT2D eigenvalue weighted by molar-refractivity contribution is 6.31. The Bertz CT molecular complexity index is 3580. The first-order valence-electron chi connectivity index (χ1n) is 32.1. The highest BCUT2D eigenvalue weighted by Crippen LogP contribution is 2.33. The average Bonchev–Trinajstić information content (AvgIpc) is 0.962. The number of nitrogens with zero attached hydrogens (tertiary/aromatic N) is 12. The summed E-state index contributed by atoms with van der Waals surface area (Å²) in [7, 11) is 4.32. The van der Waals surface area contributed by atoms with E-state index < -0.39 is 41.1 Å². The van der Waals surface area contributed by atoms with Crippen molar-refractivity contribution in [3.05, 3.63) is 117 Å². The Labute approximate surface area is 585 Å². The number of likely N-dealkylation sites (N-methyl/N-ethyl adjacent to an activating group) is 2. The van der Waals surface area contributed by atoms with Gasteiger partial charge < -0.3 is 74.0 Å². The zero-order valence-electron chi connectivity index (χ0n) is 54.8. The number of halogens is 8. The number of carbonyl (C=O) groups is 4. The number of amides is 2. The molecule has 98 heavy (non-hydrogen) atoms. The minimum atomic E-state index is -0.874. The number of anilines is 8. The zero-order valence-corrected chi connectivity index (χ0v) is 57.8. The molecule has 2 saturated heterocycles. The Morgan fingerprint density at radius 1 is 0.500 bits per heavy atom. The molecule has 0 spiro atoms. The maximum Gasteiger partial charge on any atom is 0.308 e. The van der Waals surface area contributed by atoms with E-state index in [1.165, 1.54) is 16.9 Å². The Kier molecular flexibility index (Phi) is 29.4. The van der Waals surface area contributed by atoms with Crippen molar-refractivity contribution in [2.75, 3.05) is 103 Å². The van der Waals surface area contributed by atoms with E-state index in [0.717, 1.165) is 145 Å². The number of benzene rings is 2. The summed E-state index contributed by atoms with van der Waals surface area (Å²) in [5.74, 6) is -5.82. The first-order chi connectivity index (χ1) is 46.6. The number of carboxylic acid groups (broad SMARTS) is 2. The van der Waals surface area contributed by atoms with Crippen LogP contribution in [0.3, 0.4) is 0 Å². The fraction of sp³-hybridized carbons (Fsp3) is 0.500. The van der Waals surface area contributed by atoms with Gasteiger partial charge in [-0.1, -0.05) is 37.3 Å². The molecule has 8 atom stereocenters. The van der Waals surface area contributed by atoms with Crippen LogP contribution >= 0.6 is 46.4 Å². The quantitative estimate of drug-likeness (QED) is 0.0210. The highest BCUT2D eigenvalue weighted by Gasteiger charge is 2.36. The van der Waals surface area contributed by atoms with Crippen LogP contribution in [0.2, 0.25) is 21.0 Å². The molecule has 6 aromatic rings. The molecule has 2 aromatic carbocycles. The van der Waals surface area contributed by atoms with Gasteiger partial charge in [0.1, 0.15) is 0 Å². The fourth-order valence-electron chi connectivity index (χ4n) is 12.3. The summed E-state index contributed by atoms with van der Waals surface area (Å²) < 4.78 is 53.2. The van der Waals surface area contributed by atoms with Gasteiger partial charge in [0, 0.05) is 99.3 Å². The highest BCUT2D eigenvalue weighted by atomic mass is 35.5. The van der Waals surface area contributed by atoms with Crippen molar-refractivity contribution in [2.45, 2.75) is 115 Å². The molecule has 2 aliphatic heterocycles. The lowest BCUT2D eigenvalue weighted by molar-refractivity contribution is -0.142. The normalized spacial score (nSPS) is 22.0. The molecule has 4 aliphatic carbocycles. The summed E-state index contributed by atoms with van der Waals surface area (Å²) in [5, 5.41) is 29.0. The number of nitrogens with two attached hydrogens (primary N) is 4. The monoisotopic (exact) mass is 1440 g/mol. The van der Waals surface area contributed by atoms with E-state index in [1.54, 1.807) is 0 Å². The molecule has 6 heterocycles. The van der Waals surface area contributed by atoms with Gasteiger partial charge in [-0.15, -0.1) is 0 Å². The summed E-state index contributed by atoms with van der Waals surface area (Å²) in [6, 6.07) is 11.5. The van der Waals surface area contributed by atoms with Gasteiger partial charge in [0.05, 0.1) is 48.5 Å². The third-order valence-electron chi connectivity index (χ3n) is 17.7. The molecule has 2 amide bonds. The SMILES string of the molecule is Cc1cc(N)ccc1N1CCN(C)CC1.Cc1cc(Nc2ncc(F)c(N[C@H]3CCC[C@H]3C(N)=O)n2)ccc1N1CCN(C)CC1.Fc1cnc(Cl)nc1Cl.NC(=O)[C@@H]1CCC[C@@H]1Nc1nc(Cl)ncc1F.N[C@H]1CCC[C@H]1C(=O)O.O=C(O)C1CCC[C@@H]1Nc1nc(Cl)ncc1F. The van der Waals surface area contributed by atoms with Crippen molar-refractivity contribution >= 4 is 116 Å². The predicted molar refractivity (Wildman–Crippen MR) is 371 cm³/mol. The van der Waals surface area contributed by atoms with Crippen LogP contribution in [0.15, 0.2) is 61.2 Å². The number of nitrogens with one attached hydrogen (secondary N) is 4. The Balaban J connectivity index is 0.000000175. The van der Waals surface area contributed by atoms with Gasteiger partial charge in [0.15, 0.2) is 45.9 Å². The molecule has 6 fully saturated rings. The number of primary amides is 2. The maximum atomic E-state index is 14.3. The first-order valence-corrected chi connectivity index (χ1v) is 33.6. The van der Waals surface area contributed by atoms with E-state index in [-0.39, 0.29) is 92.2 Å². The van der Waals surface area contributed by atoms with Crippen LogP contribution in [-0.2, 0) is 19.2 Å². The van der Waals surface area contributed by atoms with Gasteiger partial charge in [0.2, 0.25) is 33.6 Å². The Morgan fingerprint density at radius 3 is 1.29 bits per heavy atom. The summed E-state index contributed by atoms with van der Waals surface area (Å²) in [5.41, 5.74) is 28.7. The van der Waals surface area contributed by atoms with Gasteiger partial charge in [-0.2, -0.15) is 15.0 Å². The number of piperazine rings is 2. The van der Waals surface area contributed by atoms with Crippen LogP contribution in [0.4, 0.5) is 63.7 Å². The number of hydrogen-bond acceptors (Lipinski definition) is 22. The van der Waals surface area contributed by atoms with Crippen LogP contribution in [0.5, 0.6) is 0 Å². The Morgan fingerprint density at radius 2 is 0.888 bits per heavy atom. The lowest BCUT2D eigenvalue weighted by Gasteiger charge is -2.35. The maximum absolute atomic E-state index is 14.3. The molecule has 12 rings (SSSR count). The average molecular weight is 1450 g/mol. The molecule has 0 bridgehead atoms. The fourth-order valence-corrected chi connectivity index (χ4v) is 12.9. The van der Waals surface area contributed by atoms with Crippen molar-refractivity contribution in [1.29, 1.82) is 0 Å². The molecule has 0 radical (unpaired) electrons. The van der Waals surface area contributed by atoms with Crippen molar-refractivity contribution in [1.82, 2.24) is 49.7 Å². The van der Waals surface area contributed by atoms with E-state index in [1.807, 2.05) is 24.3 Å². The van der Waals surface area contributed by atoms with Crippen molar-refractivity contribution < 1.29 is 47.0 Å². The standard InChI is InChI=1S/C22H30FN7O.C12H19N3.C10H12ClFN4O.C10H11ClFN3O2.C6H11NO2.C4HCl2FN2/c1-14-12-15(6-7-19(14)30-10-8-29(2)9-11-30)26-22-25-13-17(23)21(28-22)27-18-5-3-4-16(18)20(24)31;1-10-9-11(13)3-4-12(10)15-7-5-14(2)6-8-15;11-10-14-4-6(12)9(16-10)15-7-3-1-2-5(7)8(13)17;11-10-13-4-6(12)8(15-10)14-7-3-1-2-5(7)9(16)17;7-5-3-1-2-4(5)6(8)9;5-3-2(7)1-8-4(6)9-3/h6-7,12-13,16,18H,3-5,8-11H2,1-2H3,(H2,24,31)(H2,25,26,27,28);3-4,9H,5-8,13H2,1-2H3;4-5,7H,1-3H2,(H2,13,17)(H,14,15,16);4-5,7H,1-3H2,(H,16,17)(H,13,14,15);4-5H,1-3,7H2,(H,8,9);1H/t16-,18+;;5-,7+;5?,7-;4-,5+;/m1.101./s1. The molecular weight excluding hydrogens is 1360 g/mol. The number of carboxylic acids is 2. The van der Waals surface area contributed by atoms with Gasteiger partial charge in [-0.3, -0.25) is 19.2 Å². The minimum absolute atomic E-state index is 0.0168. The third kappa shape index (κ3) is 23.0. The molecule has 34 heteroatoms. The van der Waals surface area contributed by atoms with E-state index >= 15 is 0 Å². The van der Waals surface area contributed by atoms with E-state index in [9.17, 15) is 36.7 Å². The van der Waals surface area contributed by atoms with E-state index in [4.69, 9.17) is 79.6 Å². The lowest BCUT2D eigenvalue weighted by Crippen LogP contribution is -2.44. The second kappa shape index (κ2) is 37.3. The number of aryl methyl sites for hydroxylation is 2. The van der Waals surface area contributed by atoms with Crippen LogP contribution in [-0.4, -0.2) is 174 Å². The number of carbonyl (C=O) groups excluding carboxylic acids is 2. The van der Waals surface area contributed by atoms with Crippen LogP contribution < -0.4 is 54.0 Å². The van der Waals surface area contributed by atoms with Crippen molar-refractivity contribution in [2.24, 2.45) is 40.9 Å². The summed E-state index contributed by atoms with van der Waals surface area (Å²) >= 11 is 21.6. The number of aromatic nitrogens is 8. The van der Waals surface area contributed by atoms with Gasteiger partial charge in [-0.25, -0.2) is 42.5 Å². The summed E-state index contributed by atoms with van der Waals surface area (Å²) in [4.78, 5) is 83.1. The first kappa shape index (κ1) is 77.4. The van der Waals surface area contributed by atoms with Crippen LogP contribution in [0, 0.1) is 60.8 Å². The molecular formula is C64H84Cl4F4N20O6. The topological polar surface area (TPSA) is 377 Å². The van der Waals surface area contributed by atoms with Gasteiger partial charge in [-0.05, 0) is 162 Å². The van der Waals surface area contributed by atoms with Crippen LogP contribution in [0.25, 0.3) is 0 Å². The Hall–Kier alpha value is -8.00. The second-order valence-electron chi connectivity index (χ2n) is 24.6. The number of nitrogen functional groups attached to an aromatic ring is 1. The van der Waals surface area contributed by atoms with Crippen molar-refractivity contribution in [3.8, 4) is 0 Å². The molecule has 14 N–H and O–H groups in total. The molecule has 4 aromatic heterocycles. The summed E-state index contributed by atoms with van der Waals surface area (Å²) in [6.07, 6.45) is 13.4. The molecule has 26 nitrogen and oxygen atoms in total. The van der Waals surface area contributed by atoms with Crippen LogP contribution in [0.1, 0.15) is 88.2 Å². The predicted octanol–water partition coefficient (Wildman–Crippen LogP) is 9.20. The lowest BCUT2D eigenvalue weighted by atomic mass is 10.0. The minimum Gasteiger partial charge on any atom is -0.481 e. The largest absolute Gasteiger partial charge is 0.481 e. The second-order valence-corrected chi connectivity index (χ2v) is 26.0. The third-order valence-corrected chi connectivity index (χ3v) is 18.5. The molecule has 4 saturated carbocycles. The zero-order chi connectivity index (χ0) is 71.3. The van der Waals surface area contributed by atoms with Crippen molar-refractivity contribution in [3.63, 3.8) is 0 Å². The number of hydrogen-bond donors (Lipinski definition) is 10. The molecule has 532 valence electrons. The van der Waals surface area contributed by atoms with Gasteiger partial charge in [0.25, 0.3) is 0 Å². The number of rotatable bonds is 14. The number of aliphatic carboxylic acids is 2. The molecule has 1 unspecified atom stereocenters. The van der Waals surface area contributed by atoms with E-state index in [2.05, 4.69) is 121 Å². The van der Waals surface area contributed by atoms with E-state index in [0.29, 0.717) is 31.6 Å². The molecule has 6 aliphatic rings.